The van der Waals surface area contributed by atoms with Crippen molar-refractivity contribution in [1.29, 1.82) is 0 Å². The van der Waals surface area contributed by atoms with Gasteiger partial charge >= 0.3 is 0 Å². The second-order valence-electron chi connectivity index (χ2n) is 5.70. The van der Waals surface area contributed by atoms with Crippen LogP contribution in [0.25, 0.3) is 0 Å². The maximum absolute atomic E-state index is 12.7. The Morgan fingerprint density at radius 3 is 2.44 bits per heavy atom. The van der Waals surface area contributed by atoms with Crippen LogP contribution in [-0.2, 0) is 11.2 Å². The Balaban J connectivity index is 2.20. The van der Waals surface area contributed by atoms with Crippen molar-refractivity contribution >= 4 is 29.1 Å². The van der Waals surface area contributed by atoms with Gasteiger partial charge in [0.2, 0.25) is 5.91 Å². The van der Waals surface area contributed by atoms with Crippen LogP contribution in [0.2, 0.25) is 10.0 Å². The molecule has 0 unspecified atom stereocenters. The van der Waals surface area contributed by atoms with E-state index in [1.165, 1.54) is 0 Å². The molecular formula is C19H21Cl2NO3. The molecule has 134 valence electrons. The van der Waals surface area contributed by atoms with Crippen LogP contribution < -0.4 is 9.47 Å². The van der Waals surface area contributed by atoms with Crippen molar-refractivity contribution < 1.29 is 14.3 Å². The third-order valence-electron chi connectivity index (χ3n) is 4.22. The highest BCUT2D eigenvalue weighted by molar-refractivity contribution is 6.35. The first-order valence-corrected chi connectivity index (χ1v) is 8.54. The first-order valence-electron chi connectivity index (χ1n) is 7.79. The largest absolute Gasteiger partial charge is 0.497 e. The van der Waals surface area contributed by atoms with Crippen molar-refractivity contribution in [2.24, 2.45) is 0 Å². The van der Waals surface area contributed by atoms with E-state index in [0.717, 1.165) is 11.1 Å². The SMILES string of the molecule is COc1ccc(OC)c(CC(=O)N(C)[C@H](C)c2ccc(Cl)cc2Cl)c1. The molecule has 0 spiro atoms. The van der Waals surface area contributed by atoms with E-state index in [-0.39, 0.29) is 18.4 Å². The van der Waals surface area contributed by atoms with Gasteiger partial charge < -0.3 is 14.4 Å². The normalized spacial score (nSPS) is 11.8. The molecule has 0 aliphatic rings. The molecule has 0 saturated heterocycles. The molecule has 1 atom stereocenters. The van der Waals surface area contributed by atoms with Crippen molar-refractivity contribution in [3.63, 3.8) is 0 Å². The molecule has 25 heavy (non-hydrogen) atoms. The van der Waals surface area contributed by atoms with Gasteiger partial charge in [-0.2, -0.15) is 0 Å². The number of hydrogen-bond donors (Lipinski definition) is 0. The molecule has 0 heterocycles. The number of carbonyl (C=O) groups is 1. The van der Waals surface area contributed by atoms with Gasteiger partial charge in [-0.05, 0) is 42.8 Å². The summed E-state index contributed by atoms with van der Waals surface area (Å²) in [6.07, 6.45) is 0.201. The lowest BCUT2D eigenvalue weighted by molar-refractivity contribution is -0.131. The summed E-state index contributed by atoms with van der Waals surface area (Å²) in [4.78, 5) is 14.4. The van der Waals surface area contributed by atoms with Crippen LogP contribution in [0.5, 0.6) is 11.5 Å². The zero-order valence-electron chi connectivity index (χ0n) is 14.7. The van der Waals surface area contributed by atoms with Crippen LogP contribution in [0.1, 0.15) is 24.1 Å². The molecule has 0 radical (unpaired) electrons. The summed E-state index contributed by atoms with van der Waals surface area (Å²) in [5, 5.41) is 1.11. The second kappa shape index (κ2) is 8.45. The van der Waals surface area contributed by atoms with E-state index in [2.05, 4.69) is 0 Å². The highest BCUT2D eigenvalue weighted by Crippen LogP contribution is 2.30. The average Bonchev–Trinajstić information content (AvgIpc) is 2.60. The van der Waals surface area contributed by atoms with Crippen molar-refractivity contribution in [1.82, 2.24) is 4.90 Å². The number of benzene rings is 2. The van der Waals surface area contributed by atoms with Gasteiger partial charge in [-0.1, -0.05) is 29.3 Å². The number of ether oxygens (including phenoxy) is 2. The highest BCUT2D eigenvalue weighted by Gasteiger charge is 2.21. The Hall–Kier alpha value is -1.91. The third kappa shape index (κ3) is 4.59. The molecule has 6 heteroatoms. The number of amides is 1. The van der Waals surface area contributed by atoms with Gasteiger partial charge in [0.15, 0.2) is 0 Å². The zero-order valence-corrected chi connectivity index (χ0v) is 16.2. The molecule has 2 aromatic rings. The Kier molecular flexibility index (Phi) is 6.57. The molecule has 0 aromatic heterocycles. The fourth-order valence-corrected chi connectivity index (χ4v) is 3.14. The Morgan fingerprint density at radius 1 is 1.12 bits per heavy atom. The quantitative estimate of drug-likeness (QED) is 0.722. The highest BCUT2D eigenvalue weighted by atomic mass is 35.5. The van der Waals surface area contributed by atoms with Crippen LogP contribution in [0.3, 0.4) is 0 Å². The molecular weight excluding hydrogens is 361 g/mol. The van der Waals surface area contributed by atoms with E-state index >= 15 is 0 Å². The monoisotopic (exact) mass is 381 g/mol. The van der Waals surface area contributed by atoms with E-state index < -0.39 is 0 Å². The smallest absolute Gasteiger partial charge is 0.227 e. The van der Waals surface area contributed by atoms with E-state index in [1.807, 2.05) is 19.1 Å². The fourth-order valence-electron chi connectivity index (χ4n) is 2.57. The minimum atomic E-state index is -0.186. The van der Waals surface area contributed by atoms with Crippen LogP contribution in [0, 0.1) is 0 Å². The van der Waals surface area contributed by atoms with E-state index in [1.54, 1.807) is 50.4 Å². The van der Waals surface area contributed by atoms with Crippen LogP contribution in [0.15, 0.2) is 36.4 Å². The molecule has 4 nitrogen and oxygen atoms in total. The minimum absolute atomic E-state index is 0.0509. The summed E-state index contributed by atoms with van der Waals surface area (Å²) in [7, 11) is 4.92. The number of rotatable bonds is 6. The lowest BCUT2D eigenvalue weighted by Gasteiger charge is -2.26. The summed E-state index contributed by atoms with van der Waals surface area (Å²) in [5.41, 5.74) is 1.62. The van der Waals surface area contributed by atoms with Crippen molar-refractivity contribution in [2.75, 3.05) is 21.3 Å². The summed E-state index contributed by atoms with van der Waals surface area (Å²) < 4.78 is 10.6. The maximum atomic E-state index is 12.7. The third-order valence-corrected chi connectivity index (χ3v) is 4.78. The fraction of sp³-hybridized carbons (Fsp3) is 0.316. The van der Waals surface area contributed by atoms with Gasteiger partial charge in [0, 0.05) is 22.7 Å². The number of nitrogens with zero attached hydrogens (tertiary/aromatic N) is 1. The molecule has 2 aromatic carbocycles. The molecule has 0 fully saturated rings. The van der Waals surface area contributed by atoms with E-state index in [0.29, 0.717) is 21.5 Å². The predicted octanol–water partition coefficient (Wildman–Crippen LogP) is 4.77. The van der Waals surface area contributed by atoms with Gasteiger partial charge in [0.1, 0.15) is 11.5 Å². The predicted molar refractivity (Wildman–Crippen MR) is 101 cm³/mol. The first-order chi connectivity index (χ1) is 11.9. The van der Waals surface area contributed by atoms with Gasteiger partial charge in [0.05, 0.1) is 26.7 Å². The Morgan fingerprint density at radius 2 is 1.84 bits per heavy atom. The summed E-state index contributed by atoms with van der Waals surface area (Å²) in [5.74, 6) is 1.28. The number of carbonyl (C=O) groups excluding carboxylic acids is 1. The van der Waals surface area contributed by atoms with Crippen LogP contribution >= 0.6 is 23.2 Å². The Bertz CT molecular complexity index is 764. The van der Waals surface area contributed by atoms with E-state index in [4.69, 9.17) is 32.7 Å². The summed E-state index contributed by atoms with van der Waals surface area (Å²) in [6.45, 7) is 1.93. The van der Waals surface area contributed by atoms with E-state index in [9.17, 15) is 4.79 Å². The number of hydrogen-bond acceptors (Lipinski definition) is 3. The van der Waals surface area contributed by atoms with Crippen molar-refractivity contribution in [2.45, 2.75) is 19.4 Å². The standard InChI is InChI=1S/C19H21Cl2NO3/c1-12(16-7-5-14(20)11-17(16)21)22(2)19(23)10-13-9-15(24-3)6-8-18(13)25-4/h5-9,11-12H,10H2,1-4H3/t12-/m1/s1. The number of likely N-dealkylation sites (N-methyl/N-ethyl adjacent to an activating group) is 1. The molecule has 0 saturated carbocycles. The molecule has 2 rings (SSSR count). The number of halogens is 2. The molecule has 0 aliphatic carbocycles. The van der Waals surface area contributed by atoms with Gasteiger partial charge in [-0.15, -0.1) is 0 Å². The number of methoxy groups -OCH3 is 2. The molecule has 0 N–H and O–H groups in total. The minimum Gasteiger partial charge on any atom is -0.497 e. The summed E-state index contributed by atoms with van der Waals surface area (Å²) >= 11 is 12.2. The summed E-state index contributed by atoms with van der Waals surface area (Å²) in [6, 6.07) is 10.5. The van der Waals surface area contributed by atoms with Crippen molar-refractivity contribution in [3.8, 4) is 11.5 Å². The Labute approximate surface area is 158 Å². The van der Waals surface area contributed by atoms with Gasteiger partial charge in [-0.3, -0.25) is 4.79 Å². The van der Waals surface area contributed by atoms with Gasteiger partial charge in [-0.25, -0.2) is 0 Å². The lowest BCUT2D eigenvalue weighted by Crippen LogP contribution is -2.31. The lowest BCUT2D eigenvalue weighted by atomic mass is 10.1. The van der Waals surface area contributed by atoms with Crippen molar-refractivity contribution in [3.05, 3.63) is 57.6 Å². The molecule has 0 aliphatic heterocycles. The first kappa shape index (κ1) is 19.4. The zero-order chi connectivity index (χ0) is 18.6. The van der Waals surface area contributed by atoms with Crippen LogP contribution in [0.4, 0.5) is 0 Å². The van der Waals surface area contributed by atoms with Gasteiger partial charge in [0.25, 0.3) is 0 Å². The molecule has 0 bridgehead atoms. The topological polar surface area (TPSA) is 38.8 Å². The maximum Gasteiger partial charge on any atom is 0.227 e. The second-order valence-corrected chi connectivity index (χ2v) is 6.54. The average molecular weight is 382 g/mol. The van der Waals surface area contributed by atoms with Crippen LogP contribution in [-0.4, -0.2) is 32.1 Å². The molecule has 1 amide bonds.